The fraction of sp³-hybridized carbons (Fsp3) is 0.875. The number of aryl methyl sites for hydroxylation is 1. The van der Waals surface area contributed by atoms with Gasteiger partial charge in [-0.3, -0.25) is 4.57 Å². The van der Waals surface area contributed by atoms with Crippen molar-refractivity contribution in [2.75, 3.05) is 32.8 Å². The molecule has 0 aliphatic carbocycles. The second-order valence-corrected chi connectivity index (χ2v) is 6.74. The summed E-state index contributed by atoms with van der Waals surface area (Å²) in [6, 6.07) is 0. The maximum absolute atomic E-state index is 12.0. The summed E-state index contributed by atoms with van der Waals surface area (Å²) in [6.07, 6.45) is 4.57. The van der Waals surface area contributed by atoms with E-state index < -0.39 is 0 Å². The zero-order chi connectivity index (χ0) is 15.5. The van der Waals surface area contributed by atoms with Crippen LogP contribution in [0.5, 0.6) is 0 Å². The molecular weight excluding hydrogens is 280 g/mol. The Morgan fingerprint density at radius 3 is 2.64 bits per heavy atom. The molecule has 2 aliphatic heterocycles. The highest BCUT2D eigenvalue weighted by Crippen LogP contribution is 2.23. The van der Waals surface area contributed by atoms with E-state index in [4.69, 9.17) is 4.74 Å². The number of ether oxygens (including phenoxy) is 1. The van der Waals surface area contributed by atoms with Gasteiger partial charge in [-0.05, 0) is 51.1 Å². The van der Waals surface area contributed by atoms with Gasteiger partial charge in [-0.1, -0.05) is 0 Å². The summed E-state index contributed by atoms with van der Waals surface area (Å²) in [7, 11) is 1.74. The topological polar surface area (TPSA) is 52.3 Å². The average Bonchev–Trinajstić information content (AvgIpc) is 3.11. The molecule has 0 aromatic carbocycles. The first-order chi connectivity index (χ1) is 10.7. The maximum atomic E-state index is 12.0. The fourth-order valence-electron chi connectivity index (χ4n) is 3.75. The minimum absolute atomic E-state index is 0.0103. The summed E-state index contributed by atoms with van der Waals surface area (Å²) in [6.45, 7) is 8.14. The molecule has 3 rings (SSSR count). The summed E-state index contributed by atoms with van der Waals surface area (Å²) in [5.74, 6) is 2.35. The van der Waals surface area contributed by atoms with Crippen LogP contribution in [-0.2, 0) is 24.8 Å². The summed E-state index contributed by atoms with van der Waals surface area (Å²) in [5.41, 5.74) is 0.0103. The minimum atomic E-state index is 0.0103. The van der Waals surface area contributed by atoms with Crippen molar-refractivity contribution in [1.29, 1.82) is 0 Å². The van der Waals surface area contributed by atoms with Crippen LogP contribution in [0.3, 0.4) is 0 Å². The molecule has 2 saturated heterocycles. The molecule has 1 aromatic rings. The Hall–Kier alpha value is -1.14. The van der Waals surface area contributed by atoms with Gasteiger partial charge in [0.15, 0.2) is 0 Å². The molecule has 0 spiro atoms. The van der Waals surface area contributed by atoms with Crippen molar-refractivity contribution in [3.63, 3.8) is 0 Å². The van der Waals surface area contributed by atoms with Gasteiger partial charge < -0.3 is 9.64 Å². The molecule has 0 unspecified atom stereocenters. The SMILES string of the molecule is CCn1c(CC2CCN(C[C@@H]3CCOC3)CC2)nn(C)c1=O. The number of nitrogens with zero attached hydrogens (tertiary/aromatic N) is 4. The number of aromatic nitrogens is 3. The Labute approximate surface area is 132 Å². The molecule has 1 aromatic heterocycles. The Bertz CT molecular complexity index is 537. The number of rotatable bonds is 5. The molecule has 0 radical (unpaired) electrons. The average molecular weight is 308 g/mol. The van der Waals surface area contributed by atoms with Crippen LogP contribution in [0.2, 0.25) is 0 Å². The molecule has 22 heavy (non-hydrogen) atoms. The van der Waals surface area contributed by atoms with Gasteiger partial charge in [0.05, 0.1) is 6.61 Å². The van der Waals surface area contributed by atoms with Crippen molar-refractivity contribution in [1.82, 2.24) is 19.2 Å². The van der Waals surface area contributed by atoms with Gasteiger partial charge in [0.25, 0.3) is 0 Å². The van der Waals surface area contributed by atoms with Crippen LogP contribution < -0.4 is 5.69 Å². The van der Waals surface area contributed by atoms with Gasteiger partial charge in [-0.2, -0.15) is 5.10 Å². The predicted molar refractivity (Wildman–Crippen MR) is 84.9 cm³/mol. The van der Waals surface area contributed by atoms with E-state index in [0.29, 0.717) is 12.5 Å². The lowest BCUT2D eigenvalue weighted by Crippen LogP contribution is -2.38. The van der Waals surface area contributed by atoms with Crippen LogP contribution in [0.4, 0.5) is 0 Å². The second kappa shape index (κ2) is 6.96. The quantitative estimate of drug-likeness (QED) is 0.811. The van der Waals surface area contributed by atoms with E-state index in [9.17, 15) is 4.79 Å². The Morgan fingerprint density at radius 1 is 1.23 bits per heavy atom. The van der Waals surface area contributed by atoms with Crippen molar-refractivity contribution < 1.29 is 4.74 Å². The molecule has 6 nitrogen and oxygen atoms in total. The first kappa shape index (κ1) is 15.7. The van der Waals surface area contributed by atoms with Crippen molar-refractivity contribution in [3.8, 4) is 0 Å². The molecule has 3 heterocycles. The number of hydrogen-bond acceptors (Lipinski definition) is 4. The van der Waals surface area contributed by atoms with Gasteiger partial charge >= 0.3 is 5.69 Å². The van der Waals surface area contributed by atoms with Crippen LogP contribution >= 0.6 is 0 Å². The van der Waals surface area contributed by atoms with Gasteiger partial charge in [0, 0.05) is 33.2 Å². The fourth-order valence-corrected chi connectivity index (χ4v) is 3.75. The number of hydrogen-bond donors (Lipinski definition) is 0. The summed E-state index contributed by atoms with van der Waals surface area (Å²) in [4.78, 5) is 14.5. The molecular formula is C16H28N4O2. The first-order valence-electron chi connectivity index (χ1n) is 8.60. The third-order valence-corrected chi connectivity index (χ3v) is 5.12. The summed E-state index contributed by atoms with van der Waals surface area (Å²) < 4.78 is 8.74. The van der Waals surface area contributed by atoms with Crippen LogP contribution in [-0.4, -0.2) is 52.1 Å². The molecule has 6 heteroatoms. The highest BCUT2D eigenvalue weighted by atomic mass is 16.5. The molecule has 0 bridgehead atoms. The van der Waals surface area contributed by atoms with E-state index in [1.54, 1.807) is 7.05 Å². The Morgan fingerprint density at radius 2 is 2.00 bits per heavy atom. The first-order valence-corrected chi connectivity index (χ1v) is 8.60. The third kappa shape index (κ3) is 3.43. The van der Waals surface area contributed by atoms with Crippen LogP contribution in [0, 0.1) is 11.8 Å². The maximum Gasteiger partial charge on any atom is 0.345 e. The van der Waals surface area contributed by atoms with Gasteiger partial charge in [-0.15, -0.1) is 0 Å². The van der Waals surface area contributed by atoms with Crippen molar-refractivity contribution in [2.45, 2.75) is 39.2 Å². The minimum Gasteiger partial charge on any atom is -0.381 e. The van der Waals surface area contributed by atoms with E-state index >= 15 is 0 Å². The lowest BCUT2D eigenvalue weighted by Gasteiger charge is -2.33. The van der Waals surface area contributed by atoms with Crippen LogP contribution in [0.15, 0.2) is 4.79 Å². The lowest BCUT2D eigenvalue weighted by atomic mass is 9.92. The molecule has 2 fully saturated rings. The van der Waals surface area contributed by atoms with Gasteiger partial charge in [-0.25, -0.2) is 9.48 Å². The molecule has 0 amide bonds. The van der Waals surface area contributed by atoms with Gasteiger partial charge in [0.2, 0.25) is 0 Å². The van der Waals surface area contributed by atoms with Crippen LogP contribution in [0.25, 0.3) is 0 Å². The van der Waals surface area contributed by atoms with Crippen molar-refractivity contribution in [3.05, 3.63) is 16.3 Å². The molecule has 0 saturated carbocycles. The largest absolute Gasteiger partial charge is 0.381 e. The molecule has 124 valence electrons. The molecule has 0 N–H and O–H groups in total. The van der Waals surface area contributed by atoms with E-state index in [-0.39, 0.29) is 5.69 Å². The highest BCUT2D eigenvalue weighted by Gasteiger charge is 2.25. The zero-order valence-corrected chi connectivity index (χ0v) is 13.8. The zero-order valence-electron chi connectivity index (χ0n) is 13.8. The van der Waals surface area contributed by atoms with Crippen LogP contribution in [0.1, 0.15) is 32.0 Å². The van der Waals surface area contributed by atoms with Crippen molar-refractivity contribution >= 4 is 0 Å². The van der Waals surface area contributed by atoms with Gasteiger partial charge in [0.1, 0.15) is 5.82 Å². The molecule has 1 atom stereocenters. The Balaban J connectivity index is 1.51. The van der Waals surface area contributed by atoms with E-state index in [0.717, 1.165) is 31.4 Å². The predicted octanol–water partition coefficient (Wildman–Crippen LogP) is 0.893. The number of likely N-dealkylation sites (tertiary alicyclic amines) is 1. The lowest BCUT2D eigenvalue weighted by molar-refractivity contribution is 0.140. The smallest absolute Gasteiger partial charge is 0.345 e. The third-order valence-electron chi connectivity index (χ3n) is 5.12. The highest BCUT2D eigenvalue weighted by molar-refractivity contribution is 4.91. The summed E-state index contributed by atoms with van der Waals surface area (Å²) >= 11 is 0. The van der Waals surface area contributed by atoms with E-state index in [1.165, 1.54) is 43.6 Å². The van der Waals surface area contributed by atoms with Crippen molar-refractivity contribution in [2.24, 2.45) is 18.9 Å². The van der Waals surface area contributed by atoms with E-state index in [2.05, 4.69) is 10.00 Å². The molecule has 2 aliphatic rings. The Kier molecular flexibility index (Phi) is 4.98. The standard InChI is InChI=1S/C16H28N4O2/c1-3-20-15(17-18(2)16(20)21)10-13-4-7-19(8-5-13)11-14-6-9-22-12-14/h13-14H,3-12H2,1-2H3/t14-/m0/s1. The second-order valence-electron chi connectivity index (χ2n) is 6.74. The number of piperidine rings is 1. The monoisotopic (exact) mass is 308 g/mol. The summed E-state index contributed by atoms with van der Waals surface area (Å²) in [5, 5.41) is 4.41. The normalized spacial score (nSPS) is 24.2. The van der Waals surface area contributed by atoms with E-state index in [1.807, 2.05) is 11.5 Å².